The number of amidine groups is 1. The fourth-order valence-electron chi connectivity index (χ4n) is 8.82. The molecule has 4 nitrogen and oxygen atoms in total. The molecule has 0 N–H and O–H groups in total. The minimum atomic E-state index is 0.190. The smallest absolute Gasteiger partial charge is 0.160 e. The Hall–Kier alpha value is -7.56. The van der Waals surface area contributed by atoms with Gasteiger partial charge in [0.2, 0.25) is 0 Å². The molecule has 11 aromatic rings. The first kappa shape index (κ1) is 35.6. The molecule has 1 atom stereocenters. The van der Waals surface area contributed by atoms with Crippen LogP contribution in [0.5, 0.6) is 0 Å². The van der Waals surface area contributed by atoms with E-state index in [2.05, 4.69) is 200 Å². The SMILES string of the molecule is CCC(C)C(=NC(=Nc1cc2oc3ccccc3c2cc1-n1c2cc3ccccc3cc2c2ccc3ccccc3c21)c1ccc(-c2ccccc2)cc1)c1ccccc1. The molecule has 0 saturated heterocycles. The second-order valence-corrected chi connectivity index (χ2v) is 15.7. The first-order chi connectivity index (χ1) is 29.6. The van der Waals surface area contributed by atoms with E-state index >= 15 is 0 Å². The lowest BCUT2D eigenvalue weighted by atomic mass is 9.95. The molecule has 9 aromatic carbocycles. The van der Waals surface area contributed by atoms with Crippen LogP contribution in [0.4, 0.5) is 5.69 Å². The van der Waals surface area contributed by atoms with Crippen molar-refractivity contribution in [3.05, 3.63) is 205 Å². The molecule has 0 aliphatic heterocycles. The molecule has 4 heteroatoms. The summed E-state index contributed by atoms with van der Waals surface area (Å²) in [5.41, 5.74) is 10.9. The Kier molecular flexibility index (Phi) is 8.70. The highest BCUT2D eigenvalue weighted by atomic mass is 16.3. The van der Waals surface area contributed by atoms with Crippen LogP contribution in [0, 0.1) is 5.92 Å². The van der Waals surface area contributed by atoms with Crippen molar-refractivity contribution in [2.45, 2.75) is 20.3 Å². The molecule has 60 heavy (non-hydrogen) atoms. The Balaban J connectivity index is 1.26. The van der Waals surface area contributed by atoms with E-state index in [1.165, 1.54) is 37.9 Å². The third-order valence-electron chi connectivity index (χ3n) is 12.1. The fraction of sp³-hybridized carbons (Fsp3) is 0.0714. The van der Waals surface area contributed by atoms with Crippen LogP contribution in [0.15, 0.2) is 209 Å². The van der Waals surface area contributed by atoms with E-state index in [0.29, 0.717) is 5.84 Å². The Morgan fingerprint density at radius 2 is 1.17 bits per heavy atom. The van der Waals surface area contributed by atoms with Gasteiger partial charge in [0.05, 0.1) is 28.1 Å². The fourth-order valence-corrected chi connectivity index (χ4v) is 8.82. The second-order valence-electron chi connectivity index (χ2n) is 15.7. The van der Waals surface area contributed by atoms with Crippen molar-refractivity contribution in [3.63, 3.8) is 0 Å². The van der Waals surface area contributed by atoms with Gasteiger partial charge in [0, 0.05) is 38.6 Å². The lowest BCUT2D eigenvalue weighted by molar-refractivity contribution is 0.669. The molecule has 0 amide bonds. The Bertz CT molecular complexity index is 3460. The van der Waals surface area contributed by atoms with E-state index in [9.17, 15) is 0 Å². The zero-order valence-corrected chi connectivity index (χ0v) is 33.5. The number of furan rings is 1. The van der Waals surface area contributed by atoms with E-state index in [1.807, 2.05) is 12.1 Å². The molecular formula is C56H41N3O. The van der Waals surface area contributed by atoms with Crippen LogP contribution < -0.4 is 0 Å². The van der Waals surface area contributed by atoms with E-state index in [4.69, 9.17) is 14.4 Å². The summed E-state index contributed by atoms with van der Waals surface area (Å²) in [4.78, 5) is 11.3. The van der Waals surface area contributed by atoms with Gasteiger partial charge >= 0.3 is 0 Å². The largest absolute Gasteiger partial charge is 0.456 e. The predicted octanol–water partition coefficient (Wildman–Crippen LogP) is 15.3. The number of benzene rings is 9. The number of fused-ring (bicyclic) bond motifs is 9. The molecule has 0 bridgehead atoms. The minimum absolute atomic E-state index is 0.190. The average molecular weight is 772 g/mol. The summed E-state index contributed by atoms with van der Waals surface area (Å²) in [6.07, 6.45) is 0.937. The summed E-state index contributed by atoms with van der Waals surface area (Å²) >= 11 is 0. The lowest BCUT2D eigenvalue weighted by Gasteiger charge is -2.16. The first-order valence-corrected chi connectivity index (χ1v) is 20.8. The molecule has 1 unspecified atom stereocenters. The summed E-state index contributed by atoms with van der Waals surface area (Å²) in [7, 11) is 0. The number of hydrogen-bond acceptors (Lipinski definition) is 2. The van der Waals surface area contributed by atoms with Gasteiger partial charge in [-0.25, -0.2) is 9.98 Å². The van der Waals surface area contributed by atoms with Crippen molar-refractivity contribution in [1.82, 2.24) is 4.57 Å². The maximum atomic E-state index is 6.61. The van der Waals surface area contributed by atoms with Crippen LogP contribution >= 0.6 is 0 Å². The quantitative estimate of drug-likeness (QED) is 0.118. The topological polar surface area (TPSA) is 42.8 Å². The van der Waals surface area contributed by atoms with Crippen LogP contribution in [0.2, 0.25) is 0 Å². The molecule has 0 aliphatic rings. The van der Waals surface area contributed by atoms with Crippen molar-refractivity contribution in [3.8, 4) is 16.8 Å². The number of aliphatic imine (C=N–C) groups is 2. The van der Waals surface area contributed by atoms with Gasteiger partial charge < -0.3 is 8.98 Å². The third kappa shape index (κ3) is 6.08. The van der Waals surface area contributed by atoms with Crippen molar-refractivity contribution in [1.29, 1.82) is 0 Å². The number of rotatable bonds is 7. The normalized spacial score (nSPS) is 13.0. The minimum Gasteiger partial charge on any atom is -0.456 e. The molecule has 2 aromatic heterocycles. The van der Waals surface area contributed by atoms with Crippen LogP contribution in [0.1, 0.15) is 31.4 Å². The van der Waals surface area contributed by atoms with Crippen LogP contribution in [0.3, 0.4) is 0 Å². The zero-order chi connectivity index (χ0) is 40.2. The molecule has 286 valence electrons. The zero-order valence-electron chi connectivity index (χ0n) is 33.5. The molecule has 0 spiro atoms. The second kappa shape index (κ2) is 14.7. The van der Waals surface area contributed by atoms with E-state index in [-0.39, 0.29) is 5.92 Å². The summed E-state index contributed by atoms with van der Waals surface area (Å²) in [5, 5.41) is 9.25. The first-order valence-electron chi connectivity index (χ1n) is 20.8. The highest BCUT2D eigenvalue weighted by Gasteiger charge is 2.22. The third-order valence-corrected chi connectivity index (χ3v) is 12.1. The number of para-hydroxylation sites is 1. The maximum Gasteiger partial charge on any atom is 0.160 e. The molecule has 0 aliphatic carbocycles. The molecule has 0 fully saturated rings. The molecule has 0 saturated carbocycles. The van der Waals surface area contributed by atoms with E-state index in [1.54, 1.807) is 0 Å². The predicted molar refractivity (Wildman–Crippen MR) is 254 cm³/mol. The van der Waals surface area contributed by atoms with Gasteiger partial charge in [0.25, 0.3) is 0 Å². The molecule has 2 heterocycles. The van der Waals surface area contributed by atoms with Crippen LogP contribution in [0.25, 0.3) is 82.1 Å². The molecule has 11 rings (SSSR count). The van der Waals surface area contributed by atoms with Crippen molar-refractivity contribution < 1.29 is 4.42 Å². The summed E-state index contributed by atoms with van der Waals surface area (Å²) in [5.74, 6) is 0.831. The summed E-state index contributed by atoms with van der Waals surface area (Å²) in [6, 6.07) is 68.9. The molecular weight excluding hydrogens is 731 g/mol. The van der Waals surface area contributed by atoms with Gasteiger partial charge in [-0.2, -0.15) is 0 Å². The maximum absolute atomic E-state index is 6.61. The summed E-state index contributed by atoms with van der Waals surface area (Å²) in [6.45, 7) is 4.47. The Labute approximate surface area is 348 Å². The van der Waals surface area contributed by atoms with Crippen molar-refractivity contribution >= 4 is 82.5 Å². The highest BCUT2D eigenvalue weighted by Crippen LogP contribution is 2.43. The van der Waals surface area contributed by atoms with Crippen molar-refractivity contribution in [2.24, 2.45) is 15.9 Å². The van der Waals surface area contributed by atoms with Gasteiger partial charge in [-0.05, 0) is 69.5 Å². The van der Waals surface area contributed by atoms with Crippen LogP contribution in [-0.4, -0.2) is 16.1 Å². The van der Waals surface area contributed by atoms with Gasteiger partial charge in [-0.1, -0.05) is 178 Å². The molecule has 0 radical (unpaired) electrons. The lowest BCUT2D eigenvalue weighted by Crippen LogP contribution is -2.15. The van der Waals surface area contributed by atoms with Gasteiger partial charge in [0.15, 0.2) is 5.84 Å². The Morgan fingerprint density at radius 1 is 0.517 bits per heavy atom. The number of nitrogens with zero attached hydrogens (tertiary/aromatic N) is 3. The number of hydrogen-bond donors (Lipinski definition) is 0. The highest BCUT2D eigenvalue weighted by molar-refractivity contribution is 6.22. The number of aromatic nitrogens is 1. The van der Waals surface area contributed by atoms with Gasteiger partial charge in [-0.3, -0.25) is 0 Å². The summed E-state index contributed by atoms with van der Waals surface area (Å²) < 4.78 is 9.05. The monoisotopic (exact) mass is 771 g/mol. The standard InChI is InChI=1S/C56H41N3O/c1-3-36(2)54(40-19-8-5-9-20-40)58-56(41-28-26-38(27-29-41)37-16-6-4-7-17-37)57-49-35-53-48(45-24-14-15-25-52(45)60-53)34-51(49)59-50-33-43-22-11-10-21-42(43)32-47(50)46-31-30-39-18-12-13-23-44(39)55(46)59/h4-36H,3H2,1-2H3. The Morgan fingerprint density at radius 3 is 1.93 bits per heavy atom. The van der Waals surface area contributed by atoms with E-state index in [0.717, 1.165) is 73.2 Å². The van der Waals surface area contributed by atoms with Gasteiger partial charge in [0.1, 0.15) is 11.2 Å². The van der Waals surface area contributed by atoms with Gasteiger partial charge in [-0.15, -0.1) is 0 Å². The van der Waals surface area contributed by atoms with E-state index < -0.39 is 0 Å². The average Bonchev–Trinajstić information content (AvgIpc) is 3.84. The van der Waals surface area contributed by atoms with Crippen molar-refractivity contribution in [2.75, 3.05) is 0 Å². The van der Waals surface area contributed by atoms with Crippen LogP contribution in [-0.2, 0) is 0 Å².